The van der Waals surface area contributed by atoms with Gasteiger partial charge in [0.05, 0.1) is 11.1 Å². The molecule has 1 N–H and O–H groups in total. The maximum absolute atomic E-state index is 12.3. The number of imide groups is 1. The van der Waals surface area contributed by atoms with Crippen LogP contribution in [0, 0.1) is 6.92 Å². The lowest BCUT2D eigenvalue weighted by Crippen LogP contribution is -2.32. The van der Waals surface area contributed by atoms with Gasteiger partial charge in [-0.3, -0.25) is 24.1 Å². The Morgan fingerprint density at radius 2 is 1.73 bits per heavy atom. The van der Waals surface area contributed by atoms with Crippen LogP contribution in [0.1, 0.15) is 46.0 Å². The number of amides is 3. The minimum Gasteiger partial charge on any atom is -0.453 e. The van der Waals surface area contributed by atoms with Crippen LogP contribution in [0.3, 0.4) is 0 Å². The zero-order chi connectivity index (χ0) is 21.8. The summed E-state index contributed by atoms with van der Waals surface area (Å²) in [4.78, 5) is 50.0. The minimum atomic E-state index is -1.00. The molecule has 3 amide bonds. The number of hydrogen-bond donors (Lipinski definition) is 1. The second kappa shape index (κ2) is 9.09. The van der Waals surface area contributed by atoms with Crippen LogP contribution in [0.25, 0.3) is 0 Å². The summed E-state index contributed by atoms with van der Waals surface area (Å²) in [5.41, 5.74) is 2.12. The average Bonchev–Trinajstić information content (AvgIpc) is 2.96. The molecule has 2 aromatic rings. The summed E-state index contributed by atoms with van der Waals surface area (Å²) in [6.45, 7) is 3.41. The van der Waals surface area contributed by atoms with Crippen LogP contribution in [0.15, 0.2) is 42.5 Å². The normalized spacial score (nSPS) is 13.8. The van der Waals surface area contributed by atoms with Gasteiger partial charge in [-0.1, -0.05) is 29.8 Å². The van der Waals surface area contributed by atoms with Crippen LogP contribution in [-0.2, 0) is 14.3 Å². The molecule has 0 saturated heterocycles. The molecular weight excluding hydrogens is 408 g/mol. The Bertz CT molecular complexity index is 985. The third-order valence-corrected chi connectivity index (χ3v) is 5.16. The number of anilines is 1. The van der Waals surface area contributed by atoms with Crippen LogP contribution in [0.2, 0.25) is 5.02 Å². The first-order chi connectivity index (χ1) is 14.3. The Labute approximate surface area is 179 Å². The topological polar surface area (TPSA) is 92.8 Å². The van der Waals surface area contributed by atoms with E-state index in [2.05, 4.69) is 5.32 Å². The highest BCUT2D eigenvalue weighted by atomic mass is 35.5. The van der Waals surface area contributed by atoms with Gasteiger partial charge in [-0.05, 0) is 50.1 Å². The summed E-state index contributed by atoms with van der Waals surface area (Å²) in [5, 5.41) is 3.16. The number of fused-ring (bicyclic) bond motifs is 1. The Kier molecular flexibility index (Phi) is 6.52. The molecular formula is C22H21ClN2O5. The molecule has 2 aromatic carbocycles. The van der Waals surface area contributed by atoms with Crippen molar-refractivity contribution in [2.24, 2.45) is 0 Å². The van der Waals surface area contributed by atoms with E-state index < -0.39 is 18.0 Å². The van der Waals surface area contributed by atoms with Crippen LogP contribution >= 0.6 is 11.6 Å². The second-order valence-corrected chi connectivity index (χ2v) is 7.40. The van der Waals surface area contributed by atoms with Gasteiger partial charge in [-0.15, -0.1) is 0 Å². The van der Waals surface area contributed by atoms with Crippen molar-refractivity contribution in [2.45, 2.75) is 32.8 Å². The monoisotopic (exact) mass is 428 g/mol. The number of rotatable bonds is 7. The Morgan fingerprint density at radius 1 is 1.10 bits per heavy atom. The van der Waals surface area contributed by atoms with Gasteiger partial charge < -0.3 is 10.1 Å². The summed E-state index contributed by atoms with van der Waals surface area (Å²) in [7, 11) is 0. The predicted molar refractivity (Wildman–Crippen MR) is 111 cm³/mol. The summed E-state index contributed by atoms with van der Waals surface area (Å²) in [5.74, 6) is -1.80. The predicted octanol–water partition coefficient (Wildman–Crippen LogP) is 3.60. The van der Waals surface area contributed by atoms with E-state index >= 15 is 0 Å². The smallest absolute Gasteiger partial charge is 0.306 e. The Morgan fingerprint density at radius 3 is 2.33 bits per heavy atom. The average molecular weight is 429 g/mol. The van der Waals surface area contributed by atoms with Gasteiger partial charge in [0, 0.05) is 23.7 Å². The molecule has 0 aromatic heterocycles. The van der Waals surface area contributed by atoms with Crippen molar-refractivity contribution in [1.82, 2.24) is 4.90 Å². The molecule has 0 aliphatic carbocycles. The van der Waals surface area contributed by atoms with Gasteiger partial charge in [-0.2, -0.15) is 0 Å². The fourth-order valence-corrected chi connectivity index (χ4v) is 3.23. The van der Waals surface area contributed by atoms with Crippen molar-refractivity contribution in [1.29, 1.82) is 0 Å². The fraction of sp³-hybridized carbons (Fsp3) is 0.273. The number of carbonyl (C=O) groups is 4. The molecule has 156 valence electrons. The lowest BCUT2D eigenvalue weighted by Gasteiger charge is -2.15. The summed E-state index contributed by atoms with van der Waals surface area (Å²) >= 11 is 6.03. The quantitative estimate of drug-likeness (QED) is 0.537. The highest BCUT2D eigenvalue weighted by molar-refractivity contribution is 6.31. The van der Waals surface area contributed by atoms with Crippen LogP contribution in [-0.4, -0.2) is 41.2 Å². The van der Waals surface area contributed by atoms with Crippen LogP contribution in [0.4, 0.5) is 5.69 Å². The van der Waals surface area contributed by atoms with Crippen LogP contribution in [0.5, 0.6) is 0 Å². The summed E-state index contributed by atoms with van der Waals surface area (Å²) < 4.78 is 5.15. The second-order valence-electron chi connectivity index (χ2n) is 7.00. The molecule has 7 nitrogen and oxygen atoms in total. The van der Waals surface area contributed by atoms with Crippen molar-refractivity contribution >= 4 is 41.0 Å². The molecule has 1 aliphatic heterocycles. The molecule has 1 aliphatic rings. The maximum atomic E-state index is 12.3. The Hall–Kier alpha value is -3.19. The van der Waals surface area contributed by atoms with Crippen molar-refractivity contribution in [3.63, 3.8) is 0 Å². The first-order valence-electron chi connectivity index (χ1n) is 9.49. The van der Waals surface area contributed by atoms with Crippen LogP contribution < -0.4 is 5.32 Å². The lowest BCUT2D eigenvalue weighted by molar-refractivity contribution is -0.153. The third-order valence-electron chi connectivity index (χ3n) is 4.76. The molecule has 0 fully saturated rings. The van der Waals surface area contributed by atoms with Crippen molar-refractivity contribution < 1.29 is 23.9 Å². The minimum absolute atomic E-state index is 0.0264. The largest absolute Gasteiger partial charge is 0.453 e. The number of halogens is 1. The maximum Gasteiger partial charge on any atom is 0.306 e. The Balaban J connectivity index is 1.45. The molecule has 3 rings (SSSR count). The highest BCUT2D eigenvalue weighted by Gasteiger charge is 2.34. The number of hydrogen-bond acceptors (Lipinski definition) is 5. The zero-order valence-electron chi connectivity index (χ0n) is 16.6. The third kappa shape index (κ3) is 4.68. The van der Waals surface area contributed by atoms with E-state index in [4.69, 9.17) is 16.3 Å². The summed E-state index contributed by atoms with van der Waals surface area (Å²) in [6, 6.07) is 11.7. The fourth-order valence-electron chi connectivity index (χ4n) is 3.05. The molecule has 1 heterocycles. The molecule has 0 saturated carbocycles. The van der Waals surface area contributed by atoms with E-state index in [9.17, 15) is 19.2 Å². The first-order valence-corrected chi connectivity index (χ1v) is 9.87. The number of carbonyl (C=O) groups excluding carboxylic acids is 4. The standard InChI is InChI=1S/C22H21ClN2O5/c1-13-9-10-15(12-18(13)23)24-20(27)14(2)30-19(26)8-5-11-25-21(28)16-6-3-4-7-17(16)22(25)29/h3-4,6-7,9-10,12,14H,5,8,11H2,1-2H3,(H,24,27)/t14-/m0/s1. The summed E-state index contributed by atoms with van der Waals surface area (Å²) in [6.07, 6.45) is -0.787. The first kappa shape index (κ1) is 21.5. The lowest BCUT2D eigenvalue weighted by atomic mass is 10.1. The number of aryl methyl sites for hydroxylation is 1. The van der Waals surface area contributed by atoms with Gasteiger partial charge in [0.15, 0.2) is 6.10 Å². The van der Waals surface area contributed by atoms with Gasteiger partial charge >= 0.3 is 5.97 Å². The van der Waals surface area contributed by atoms with Crippen molar-refractivity contribution in [2.75, 3.05) is 11.9 Å². The van der Waals surface area contributed by atoms with E-state index in [1.54, 1.807) is 42.5 Å². The number of benzene rings is 2. The van der Waals surface area contributed by atoms with E-state index in [0.717, 1.165) is 10.5 Å². The van der Waals surface area contributed by atoms with Crippen molar-refractivity contribution in [3.8, 4) is 0 Å². The van der Waals surface area contributed by atoms with E-state index in [1.165, 1.54) is 6.92 Å². The highest BCUT2D eigenvalue weighted by Crippen LogP contribution is 2.23. The van der Waals surface area contributed by atoms with E-state index in [0.29, 0.717) is 21.8 Å². The molecule has 0 unspecified atom stereocenters. The molecule has 1 atom stereocenters. The van der Waals surface area contributed by atoms with E-state index in [1.807, 2.05) is 6.92 Å². The molecule has 30 heavy (non-hydrogen) atoms. The molecule has 0 bridgehead atoms. The van der Waals surface area contributed by atoms with Gasteiger partial charge in [0.1, 0.15) is 0 Å². The SMILES string of the molecule is Cc1ccc(NC(=O)[C@H](C)OC(=O)CCCN2C(=O)c3ccccc3C2=O)cc1Cl. The number of esters is 1. The van der Waals surface area contributed by atoms with Gasteiger partial charge in [0.25, 0.3) is 17.7 Å². The number of nitrogens with zero attached hydrogens (tertiary/aromatic N) is 1. The van der Waals surface area contributed by atoms with Gasteiger partial charge in [-0.25, -0.2) is 0 Å². The van der Waals surface area contributed by atoms with E-state index in [-0.39, 0.29) is 31.2 Å². The molecule has 0 spiro atoms. The number of nitrogens with one attached hydrogen (secondary N) is 1. The molecule has 8 heteroatoms. The van der Waals surface area contributed by atoms with Crippen molar-refractivity contribution in [3.05, 3.63) is 64.2 Å². The number of ether oxygens (including phenoxy) is 1. The molecule has 0 radical (unpaired) electrons. The van der Waals surface area contributed by atoms with Gasteiger partial charge in [0.2, 0.25) is 0 Å². The zero-order valence-corrected chi connectivity index (χ0v) is 17.4.